The zero-order valence-electron chi connectivity index (χ0n) is 11.5. The van der Waals surface area contributed by atoms with E-state index in [1.165, 1.54) is 4.90 Å². The highest BCUT2D eigenvalue weighted by molar-refractivity contribution is 7.99. The molecule has 0 aliphatic carbocycles. The van der Waals surface area contributed by atoms with Gasteiger partial charge in [0.2, 0.25) is 5.89 Å². The quantitative estimate of drug-likeness (QED) is 0.859. The van der Waals surface area contributed by atoms with E-state index in [-0.39, 0.29) is 24.4 Å². The first-order valence-electron chi connectivity index (χ1n) is 6.68. The SMILES string of the molecule is CC(C)c1cnc(CN2C(=O)NC3(CCSC3)C2=O)o1. The summed E-state index contributed by atoms with van der Waals surface area (Å²) in [5.74, 6) is 2.79. The Labute approximate surface area is 121 Å². The summed E-state index contributed by atoms with van der Waals surface area (Å²) in [6, 6.07) is -0.346. The highest BCUT2D eigenvalue weighted by Crippen LogP contribution is 2.34. The van der Waals surface area contributed by atoms with Crippen molar-refractivity contribution in [2.75, 3.05) is 11.5 Å². The van der Waals surface area contributed by atoms with Gasteiger partial charge in [0.05, 0.1) is 6.20 Å². The lowest BCUT2D eigenvalue weighted by molar-refractivity contribution is -0.131. The smallest absolute Gasteiger partial charge is 0.325 e. The van der Waals surface area contributed by atoms with Gasteiger partial charge in [0, 0.05) is 11.7 Å². The number of urea groups is 1. The van der Waals surface area contributed by atoms with E-state index >= 15 is 0 Å². The van der Waals surface area contributed by atoms with Crippen LogP contribution in [-0.2, 0) is 11.3 Å². The van der Waals surface area contributed by atoms with Gasteiger partial charge in [-0.1, -0.05) is 13.8 Å². The molecule has 1 unspecified atom stereocenters. The van der Waals surface area contributed by atoms with Gasteiger partial charge < -0.3 is 9.73 Å². The first-order chi connectivity index (χ1) is 9.52. The molecule has 1 aromatic heterocycles. The molecular formula is C13H17N3O3S. The van der Waals surface area contributed by atoms with Crippen molar-refractivity contribution in [3.8, 4) is 0 Å². The Hall–Kier alpha value is -1.50. The van der Waals surface area contributed by atoms with Crippen LogP contribution in [0.25, 0.3) is 0 Å². The maximum Gasteiger partial charge on any atom is 0.325 e. The lowest BCUT2D eigenvalue weighted by atomic mass is 9.99. The number of hydrogen-bond acceptors (Lipinski definition) is 5. The third-order valence-electron chi connectivity index (χ3n) is 3.70. The topological polar surface area (TPSA) is 75.4 Å². The third-order valence-corrected chi connectivity index (χ3v) is 4.89. The van der Waals surface area contributed by atoms with Crippen LogP contribution in [0.2, 0.25) is 0 Å². The van der Waals surface area contributed by atoms with E-state index in [2.05, 4.69) is 10.3 Å². The molecule has 3 amide bonds. The van der Waals surface area contributed by atoms with Gasteiger partial charge in [-0.2, -0.15) is 11.8 Å². The molecule has 2 fully saturated rings. The summed E-state index contributed by atoms with van der Waals surface area (Å²) in [6.45, 7) is 4.11. The predicted octanol–water partition coefficient (Wildman–Crippen LogP) is 1.73. The van der Waals surface area contributed by atoms with E-state index in [0.29, 0.717) is 18.1 Å². The number of carbonyl (C=O) groups excluding carboxylic acids is 2. The zero-order valence-corrected chi connectivity index (χ0v) is 12.3. The number of imide groups is 1. The number of nitrogens with zero attached hydrogens (tertiary/aromatic N) is 2. The Balaban J connectivity index is 1.76. The van der Waals surface area contributed by atoms with Crippen molar-refractivity contribution < 1.29 is 14.0 Å². The number of thioether (sulfide) groups is 1. The maximum absolute atomic E-state index is 12.4. The highest BCUT2D eigenvalue weighted by Gasteiger charge is 2.53. The Kier molecular flexibility index (Phi) is 3.24. The van der Waals surface area contributed by atoms with E-state index in [4.69, 9.17) is 4.42 Å². The van der Waals surface area contributed by atoms with Gasteiger partial charge in [-0.15, -0.1) is 0 Å². The summed E-state index contributed by atoms with van der Waals surface area (Å²) >= 11 is 1.69. The van der Waals surface area contributed by atoms with Crippen LogP contribution in [0.4, 0.5) is 4.79 Å². The van der Waals surface area contributed by atoms with Crippen molar-refractivity contribution >= 4 is 23.7 Å². The summed E-state index contributed by atoms with van der Waals surface area (Å²) < 4.78 is 5.56. The summed E-state index contributed by atoms with van der Waals surface area (Å²) in [4.78, 5) is 29.8. The summed E-state index contributed by atoms with van der Waals surface area (Å²) in [5.41, 5.74) is -0.699. The monoisotopic (exact) mass is 295 g/mol. The van der Waals surface area contributed by atoms with E-state index in [1.807, 2.05) is 13.8 Å². The van der Waals surface area contributed by atoms with Crippen LogP contribution in [-0.4, -0.2) is 38.9 Å². The van der Waals surface area contributed by atoms with Gasteiger partial charge in [-0.3, -0.25) is 9.69 Å². The van der Waals surface area contributed by atoms with Gasteiger partial charge in [-0.25, -0.2) is 9.78 Å². The van der Waals surface area contributed by atoms with E-state index in [0.717, 1.165) is 11.5 Å². The molecule has 6 nitrogen and oxygen atoms in total. The minimum absolute atomic E-state index is 0.101. The second kappa shape index (κ2) is 4.80. The molecule has 0 radical (unpaired) electrons. The molecule has 1 atom stereocenters. The lowest BCUT2D eigenvalue weighted by Crippen LogP contribution is -2.46. The Morgan fingerprint density at radius 1 is 1.55 bits per heavy atom. The van der Waals surface area contributed by atoms with Crippen LogP contribution in [0.1, 0.15) is 37.8 Å². The predicted molar refractivity (Wildman–Crippen MR) is 74.3 cm³/mol. The molecule has 2 aliphatic rings. The van der Waals surface area contributed by atoms with Crippen molar-refractivity contribution in [3.05, 3.63) is 17.8 Å². The van der Waals surface area contributed by atoms with Crippen LogP contribution in [0.5, 0.6) is 0 Å². The van der Waals surface area contributed by atoms with Gasteiger partial charge >= 0.3 is 6.03 Å². The first kappa shape index (κ1) is 13.5. The number of hydrogen-bond donors (Lipinski definition) is 1. The van der Waals surface area contributed by atoms with Crippen molar-refractivity contribution in [2.45, 2.75) is 38.3 Å². The highest BCUT2D eigenvalue weighted by atomic mass is 32.2. The fourth-order valence-electron chi connectivity index (χ4n) is 2.45. The third kappa shape index (κ3) is 2.09. The molecule has 3 rings (SSSR count). The summed E-state index contributed by atoms with van der Waals surface area (Å²) in [5, 5.41) is 2.83. The number of rotatable bonds is 3. The fraction of sp³-hybridized carbons (Fsp3) is 0.615. The second-order valence-electron chi connectivity index (χ2n) is 5.52. The minimum atomic E-state index is -0.699. The lowest BCUT2D eigenvalue weighted by Gasteiger charge is -2.18. The van der Waals surface area contributed by atoms with Crippen molar-refractivity contribution in [2.24, 2.45) is 0 Å². The molecule has 2 aliphatic heterocycles. The molecular weight excluding hydrogens is 278 g/mol. The number of nitrogens with one attached hydrogen (secondary N) is 1. The number of aromatic nitrogens is 1. The van der Waals surface area contributed by atoms with E-state index < -0.39 is 5.54 Å². The molecule has 0 saturated carbocycles. The summed E-state index contributed by atoms with van der Waals surface area (Å²) in [6.07, 6.45) is 2.35. The van der Waals surface area contributed by atoms with Gasteiger partial charge in [0.1, 0.15) is 17.8 Å². The molecule has 1 spiro atoms. The largest absolute Gasteiger partial charge is 0.443 e. The first-order valence-corrected chi connectivity index (χ1v) is 7.84. The molecule has 1 aromatic rings. The molecule has 7 heteroatoms. The maximum atomic E-state index is 12.4. The molecule has 1 N–H and O–H groups in total. The number of oxazole rings is 1. The Bertz CT molecular complexity index is 549. The number of amides is 3. The average molecular weight is 295 g/mol. The fourth-order valence-corrected chi connectivity index (χ4v) is 3.78. The van der Waals surface area contributed by atoms with Crippen LogP contribution < -0.4 is 5.32 Å². The van der Waals surface area contributed by atoms with Crippen LogP contribution >= 0.6 is 11.8 Å². The Morgan fingerprint density at radius 2 is 2.35 bits per heavy atom. The van der Waals surface area contributed by atoms with Crippen LogP contribution in [0.15, 0.2) is 10.6 Å². The molecule has 20 heavy (non-hydrogen) atoms. The summed E-state index contributed by atoms with van der Waals surface area (Å²) in [7, 11) is 0. The van der Waals surface area contributed by atoms with Gasteiger partial charge in [0.15, 0.2) is 0 Å². The minimum Gasteiger partial charge on any atom is -0.443 e. The standard InChI is InChI=1S/C13H17N3O3S/c1-8(2)9-5-14-10(19-9)6-16-11(17)13(15-12(16)18)3-4-20-7-13/h5,8H,3-4,6-7H2,1-2H3,(H,15,18). The molecule has 3 heterocycles. The van der Waals surface area contributed by atoms with Crippen LogP contribution in [0.3, 0.4) is 0 Å². The van der Waals surface area contributed by atoms with Crippen LogP contribution in [0, 0.1) is 0 Å². The number of carbonyl (C=O) groups is 2. The van der Waals surface area contributed by atoms with E-state index in [9.17, 15) is 9.59 Å². The van der Waals surface area contributed by atoms with Gasteiger partial charge in [0.25, 0.3) is 5.91 Å². The van der Waals surface area contributed by atoms with E-state index in [1.54, 1.807) is 18.0 Å². The normalized spacial score (nSPS) is 26.1. The van der Waals surface area contributed by atoms with Crippen molar-refractivity contribution in [1.82, 2.24) is 15.2 Å². The zero-order chi connectivity index (χ0) is 14.3. The average Bonchev–Trinajstić information content (AvgIpc) is 3.08. The second-order valence-corrected chi connectivity index (χ2v) is 6.62. The van der Waals surface area contributed by atoms with Crippen molar-refractivity contribution in [3.63, 3.8) is 0 Å². The molecule has 108 valence electrons. The van der Waals surface area contributed by atoms with Crippen molar-refractivity contribution in [1.29, 1.82) is 0 Å². The Morgan fingerprint density at radius 3 is 2.95 bits per heavy atom. The molecule has 0 bridgehead atoms. The molecule has 0 aromatic carbocycles. The molecule has 2 saturated heterocycles. The van der Waals surface area contributed by atoms with Gasteiger partial charge in [-0.05, 0) is 12.2 Å².